The topological polar surface area (TPSA) is 102 Å². The first-order valence-corrected chi connectivity index (χ1v) is 10.2. The van der Waals surface area contributed by atoms with Crippen LogP contribution in [0.3, 0.4) is 0 Å². The van der Waals surface area contributed by atoms with Gasteiger partial charge in [0, 0.05) is 30.0 Å². The molecule has 1 aliphatic carbocycles. The number of hydrazone groups is 1. The summed E-state index contributed by atoms with van der Waals surface area (Å²) in [6, 6.07) is 13.6. The first-order chi connectivity index (χ1) is 14.6. The van der Waals surface area contributed by atoms with Gasteiger partial charge in [-0.3, -0.25) is 9.59 Å². The van der Waals surface area contributed by atoms with E-state index in [0.29, 0.717) is 40.4 Å². The van der Waals surface area contributed by atoms with Crippen LogP contribution in [-0.2, 0) is 11.3 Å². The molecule has 152 valence electrons. The van der Waals surface area contributed by atoms with E-state index in [0.717, 1.165) is 17.5 Å². The molecule has 30 heavy (non-hydrogen) atoms. The van der Waals surface area contributed by atoms with Crippen LogP contribution in [0.2, 0.25) is 5.15 Å². The number of amides is 2. The molecule has 5 rings (SSSR count). The zero-order valence-corrected chi connectivity index (χ0v) is 16.8. The molecule has 2 atom stereocenters. The van der Waals surface area contributed by atoms with Crippen LogP contribution in [0.25, 0.3) is 10.9 Å². The third-order valence-corrected chi connectivity index (χ3v) is 6.16. The van der Waals surface area contributed by atoms with Crippen molar-refractivity contribution in [3.63, 3.8) is 0 Å². The Hall–Kier alpha value is -3.16. The van der Waals surface area contributed by atoms with Gasteiger partial charge in [0.25, 0.3) is 5.91 Å². The number of hydrogen-bond donors (Lipinski definition) is 3. The molecule has 0 bridgehead atoms. The summed E-state index contributed by atoms with van der Waals surface area (Å²) >= 11 is 6.55. The van der Waals surface area contributed by atoms with Crippen molar-refractivity contribution < 1.29 is 9.59 Å². The van der Waals surface area contributed by atoms with Gasteiger partial charge in [-0.25, -0.2) is 5.43 Å². The number of nitrogens with two attached hydrogens (primary N) is 1. The molecule has 1 saturated carbocycles. The van der Waals surface area contributed by atoms with Crippen molar-refractivity contribution in [1.29, 1.82) is 0 Å². The minimum atomic E-state index is -0.386. The second-order valence-corrected chi connectivity index (χ2v) is 7.93. The van der Waals surface area contributed by atoms with Gasteiger partial charge in [0.1, 0.15) is 5.15 Å². The van der Waals surface area contributed by atoms with Crippen molar-refractivity contribution in [3.05, 3.63) is 64.3 Å². The summed E-state index contributed by atoms with van der Waals surface area (Å²) in [6.07, 6.45) is 2.33. The Balaban J connectivity index is 1.52. The molecule has 1 aliphatic heterocycles. The van der Waals surface area contributed by atoms with E-state index >= 15 is 0 Å². The average molecular weight is 422 g/mol. The number of hydrogen-bond acceptors (Lipinski definition) is 4. The molecule has 2 heterocycles. The van der Waals surface area contributed by atoms with Crippen LogP contribution < -0.4 is 16.5 Å². The maximum Gasteiger partial charge on any atom is 0.274 e. The van der Waals surface area contributed by atoms with Gasteiger partial charge in [-0.05, 0) is 30.0 Å². The van der Waals surface area contributed by atoms with E-state index in [9.17, 15) is 9.59 Å². The standard InChI is InChI=1S/C22H20ClN5O2/c23-20-15-11-25-27-22(30)19-16(6-7-17(18(15)19)28(20)9-8-24)26-21(29)14-10-13(14)12-4-2-1-3-5-12/h1-7,11,13-14H,8-10,24H2,(H,26,29)(H,27,30)/t13-,14+/m0/s1. The molecule has 1 aromatic heterocycles. The van der Waals surface area contributed by atoms with Crippen LogP contribution in [0.4, 0.5) is 5.69 Å². The van der Waals surface area contributed by atoms with Gasteiger partial charge in [0.15, 0.2) is 0 Å². The highest BCUT2D eigenvalue weighted by Crippen LogP contribution is 2.48. The zero-order valence-electron chi connectivity index (χ0n) is 16.1. The molecule has 7 nitrogen and oxygen atoms in total. The Bertz CT molecular complexity index is 1200. The van der Waals surface area contributed by atoms with Gasteiger partial charge in [-0.15, -0.1) is 0 Å². The number of carbonyl (C=O) groups excluding carboxylic acids is 2. The predicted octanol–water partition coefficient (Wildman–Crippen LogP) is 3.07. The first-order valence-electron chi connectivity index (χ1n) is 9.84. The van der Waals surface area contributed by atoms with Crippen molar-refractivity contribution >= 4 is 46.2 Å². The van der Waals surface area contributed by atoms with E-state index in [4.69, 9.17) is 17.3 Å². The largest absolute Gasteiger partial charge is 0.330 e. The van der Waals surface area contributed by atoms with Gasteiger partial charge < -0.3 is 15.6 Å². The molecule has 8 heteroatoms. The van der Waals surface area contributed by atoms with Crippen LogP contribution in [0.1, 0.15) is 33.8 Å². The number of benzene rings is 2. The molecule has 0 spiro atoms. The van der Waals surface area contributed by atoms with Gasteiger partial charge in [-0.1, -0.05) is 41.9 Å². The lowest BCUT2D eigenvalue weighted by molar-refractivity contribution is -0.117. The summed E-state index contributed by atoms with van der Waals surface area (Å²) in [5.41, 5.74) is 11.6. The average Bonchev–Trinajstić information content (AvgIpc) is 3.53. The highest BCUT2D eigenvalue weighted by atomic mass is 35.5. The molecule has 0 radical (unpaired) electrons. The molecular formula is C22H20ClN5O2. The molecule has 3 aromatic rings. The SMILES string of the molecule is NCCn1c(Cl)c2c3c(c(NC(=O)[C@@H]4C[C@H]4c4ccccc4)ccc31)C(=O)NN=C2. The summed E-state index contributed by atoms with van der Waals surface area (Å²) < 4.78 is 1.86. The lowest BCUT2D eigenvalue weighted by Gasteiger charge is -2.12. The number of halogens is 1. The lowest BCUT2D eigenvalue weighted by Crippen LogP contribution is -2.22. The highest BCUT2D eigenvalue weighted by molar-refractivity contribution is 6.36. The fourth-order valence-electron chi connectivity index (χ4n) is 4.24. The van der Waals surface area contributed by atoms with Crippen LogP contribution in [0, 0.1) is 5.92 Å². The van der Waals surface area contributed by atoms with Crippen molar-refractivity contribution in [2.24, 2.45) is 16.8 Å². The number of nitrogens with one attached hydrogen (secondary N) is 2. The van der Waals surface area contributed by atoms with E-state index in [1.807, 2.05) is 41.0 Å². The smallest absolute Gasteiger partial charge is 0.274 e. The minimum Gasteiger partial charge on any atom is -0.330 e. The highest BCUT2D eigenvalue weighted by Gasteiger charge is 2.44. The van der Waals surface area contributed by atoms with Gasteiger partial charge >= 0.3 is 0 Å². The monoisotopic (exact) mass is 421 g/mol. The Morgan fingerprint density at radius 2 is 2.07 bits per heavy atom. The molecule has 2 amide bonds. The van der Waals surface area contributed by atoms with Crippen LogP contribution in [0.5, 0.6) is 0 Å². The van der Waals surface area contributed by atoms with Crippen molar-refractivity contribution in [3.8, 4) is 0 Å². The van der Waals surface area contributed by atoms with Crippen LogP contribution >= 0.6 is 11.6 Å². The fourth-order valence-corrected chi connectivity index (χ4v) is 4.56. The summed E-state index contributed by atoms with van der Waals surface area (Å²) in [5.74, 6) is -0.374. The van der Waals surface area contributed by atoms with Crippen molar-refractivity contribution in [2.75, 3.05) is 11.9 Å². The predicted molar refractivity (Wildman–Crippen MR) is 117 cm³/mol. The maximum absolute atomic E-state index is 12.9. The summed E-state index contributed by atoms with van der Waals surface area (Å²) in [5, 5.41) is 8.07. The number of nitrogens with zero attached hydrogens (tertiary/aromatic N) is 2. The quantitative estimate of drug-likeness (QED) is 0.590. The van der Waals surface area contributed by atoms with Gasteiger partial charge in [0.05, 0.1) is 23.0 Å². The van der Waals surface area contributed by atoms with Gasteiger partial charge in [0.2, 0.25) is 5.91 Å². The summed E-state index contributed by atoms with van der Waals surface area (Å²) in [7, 11) is 0. The molecule has 4 N–H and O–H groups in total. The maximum atomic E-state index is 12.9. The number of carbonyl (C=O) groups is 2. The minimum absolute atomic E-state index is 0.0912. The van der Waals surface area contributed by atoms with Crippen molar-refractivity contribution in [2.45, 2.75) is 18.9 Å². The van der Waals surface area contributed by atoms with Crippen LogP contribution in [-0.4, -0.2) is 29.1 Å². The molecule has 0 saturated heterocycles. The summed E-state index contributed by atoms with van der Waals surface area (Å²) in [4.78, 5) is 25.7. The van der Waals surface area contributed by atoms with E-state index < -0.39 is 0 Å². The molecule has 1 fully saturated rings. The molecule has 0 unspecified atom stereocenters. The van der Waals surface area contributed by atoms with Gasteiger partial charge in [-0.2, -0.15) is 5.10 Å². The fraction of sp³-hybridized carbons (Fsp3) is 0.227. The summed E-state index contributed by atoms with van der Waals surface area (Å²) in [6.45, 7) is 0.916. The molecule has 2 aliphatic rings. The Kier molecular flexibility index (Phi) is 4.56. The zero-order chi connectivity index (χ0) is 20.8. The third kappa shape index (κ3) is 2.98. The molecule has 2 aromatic carbocycles. The second kappa shape index (κ2) is 7.27. The normalized spacial score (nSPS) is 19.5. The van der Waals surface area contributed by atoms with E-state index in [-0.39, 0.29) is 23.7 Å². The number of aromatic nitrogens is 1. The first kappa shape index (κ1) is 18.8. The van der Waals surface area contributed by atoms with Crippen molar-refractivity contribution in [1.82, 2.24) is 9.99 Å². The number of rotatable bonds is 5. The van der Waals surface area contributed by atoms with E-state index in [1.165, 1.54) is 6.21 Å². The Morgan fingerprint density at radius 3 is 2.83 bits per heavy atom. The molecular weight excluding hydrogens is 402 g/mol. The van der Waals surface area contributed by atoms with E-state index in [2.05, 4.69) is 15.8 Å². The lowest BCUT2D eigenvalue weighted by atomic mass is 10.0. The van der Waals surface area contributed by atoms with Crippen LogP contribution in [0.15, 0.2) is 47.6 Å². The Labute approximate surface area is 177 Å². The second-order valence-electron chi connectivity index (χ2n) is 7.57. The third-order valence-electron chi connectivity index (χ3n) is 5.76. The Morgan fingerprint density at radius 1 is 1.27 bits per heavy atom. The van der Waals surface area contributed by atoms with E-state index in [1.54, 1.807) is 6.07 Å². The number of anilines is 1.